The minimum atomic E-state index is 0.100. The molecule has 20 heavy (non-hydrogen) atoms. The topological polar surface area (TPSA) is 39.2 Å². The Morgan fingerprint density at radius 3 is 2.60 bits per heavy atom. The Bertz CT molecular complexity index is 728. The zero-order chi connectivity index (χ0) is 14.1. The van der Waals surface area contributed by atoms with E-state index in [2.05, 4.69) is 32.0 Å². The highest BCUT2D eigenvalue weighted by Gasteiger charge is 2.13. The number of hydrogen-bond acceptors (Lipinski definition) is 2. The van der Waals surface area contributed by atoms with Crippen molar-refractivity contribution in [2.75, 3.05) is 0 Å². The second-order valence-corrected chi connectivity index (χ2v) is 5.71. The molecule has 104 valence electrons. The number of para-hydroxylation sites is 1. The fraction of sp³-hybridized carbons (Fsp3) is 0.333. The summed E-state index contributed by atoms with van der Waals surface area (Å²) in [6, 6.07) is 14.6. The smallest absolute Gasteiger partial charge is 0.135 e. The van der Waals surface area contributed by atoms with Crippen molar-refractivity contribution in [2.24, 2.45) is 11.7 Å². The summed E-state index contributed by atoms with van der Waals surface area (Å²) >= 11 is 0. The zero-order valence-corrected chi connectivity index (χ0v) is 12.1. The quantitative estimate of drug-likeness (QED) is 0.720. The lowest BCUT2D eigenvalue weighted by atomic mass is 9.94. The summed E-state index contributed by atoms with van der Waals surface area (Å²) in [5.74, 6) is 0.654. The highest BCUT2D eigenvalue weighted by molar-refractivity contribution is 6.04. The maximum absolute atomic E-state index is 6.34. The minimum absolute atomic E-state index is 0.100. The van der Waals surface area contributed by atoms with Crippen molar-refractivity contribution in [2.45, 2.75) is 32.7 Å². The summed E-state index contributed by atoms with van der Waals surface area (Å²) < 4.78 is 5.85. The SMILES string of the molecule is CCC(C)CC(N)c1ccc2oc3ccccc3c2c1. The minimum Gasteiger partial charge on any atom is -0.456 e. The number of nitrogens with two attached hydrogens (primary N) is 1. The first kappa shape index (κ1) is 13.2. The van der Waals surface area contributed by atoms with E-state index >= 15 is 0 Å². The van der Waals surface area contributed by atoms with Gasteiger partial charge in [0, 0.05) is 16.8 Å². The molecule has 1 heterocycles. The molecule has 0 radical (unpaired) electrons. The fourth-order valence-electron chi connectivity index (χ4n) is 2.71. The Labute approximate surface area is 119 Å². The normalized spacial score (nSPS) is 14.8. The second kappa shape index (κ2) is 5.29. The molecule has 0 aliphatic carbocycles. The third-order valence-corrected chi connectivity index (χ3v) is 4.18. The predicted molar refractivity (Wildman–Crippen MR) is 84.7 cm³/mol. The molecule has 0 saturated heterocycles. The van der Waals surface area contributed by atoms with Gasteiger partial charge in [-0.05, 0) is 36.1 Å². The molecule has 0 amide bonds. The Hall–Kier alpha value is -1.80. The molecule has 0 saturated carbocycles. The van der Waals surface area contributed by atoms with Gasteiger partial charge in [0.05, 0.1) is 0 Å². The zero-order valence-electron chi connectivity index (χ0n) is 12.1. The highest BCUT2D eigenvalue weighted by atomic mass is 16.3. The van der Waals surface area contributed by atoms with E-state index < -0.39 is 0 Å². The van der Waals surface area contributed by atoms with Crippen molar-refractivity contribution < 1.29 is 4.42 Å². The lowest BCUT2D eigenvalue weighted by Crippen LogP contribution is -2.13. The van der Waals surface area contributed by atoms with Gasteiger partial charge in [-0.2, -0.15) is 0 Å². The molecule has 3 aromatic rings. The summed E-state index contributed by atoms with van der Waals surface area (Å²) in [4.78, 5) is 0. The summed E-state index contributed by atoms with van der Waals surface area (Å²) in [5, 5.41) is 2.33. The van der Waals surface area contributed by atoms with Crippen molar-refractivity contribution in [3.05, 3.63) is 48.0 Å². The molecular weight excluding hydrogens is 246 g/mol. The van der Waals surface area contributed by atoms with Crippen LogP contribution < -0.4 is 5.73 Å². The van der Waals surface area contributed by atoms with Crippen LogP contribution in [0.25, 0.3) is 21.9 Å². The van der Waals surface area contributed by atoms with Crippen LogP contribution >= 0.6 is 0 Å². The molecular formula is C18H21NO. The van der Waals surface area contributed by atoms with E-state index in [-0.39, 0.29) is 6.04 Å². The van der Waals surface area contributed by atoms with E-state index in [0.717, 1.165) is 23.0 Å². The molecule has 0 fully saturated rings. The molecule has 0 aliphatic heterocycles. The molecule has 0 aliphatic rings. The van der Waals surface area contributed by atoms with Crippen LogP contribution in [0, 0.1) is 5.92 Å². The maximum atomic E-state index is 6.34. The third kappa shape index (κ3) is 2.32. The Morgan fingerprint density at radius 2 is 1.80 bits per heavy atom. The van der Waals surface area contributed by atoms with Gasteiger partial charge < -0.3 is 10.2 Å². The van der Waals surface area contributed by atoms with Gasteiger partial charge in [0.2, 0.25) is 0 Å². The first-order valence-corrected chi connectivity index (χ1v) is 7.35. The largest absolute Gasteiger partial charge is 0.456 e. The number of benzene rings is 2. The molecule has 2 aromatic carbocycles. The molecule has 2 heteroatoms. The van der Waals surface area contributed by atoms with Gasteiger partial charge in [0.1, 0.15) is 11.2 Å². The van der Waals surface area contributed by atoms with Crippen molar-refractivity contribution in [1.82, 2.24) is 0 Å². The predicted octanol–water partition coefficient (Wildman–Crippen LogP) is 5.02. The van der Waals surface area contributed by atoms with Crippen LogP contribution in [0.5, 0.6) is 0 Å². The van der Waals surface area contributed by atoms with Crippen LogP contribution in [0.3, 0.4) is 0 Å². The lowest BCUT2D eigenvalue weighted by molar-refractivity contribution is 0.461. The summed E-state index contributed by atoms with van der Waals surface area (Å²) in [6.45, 7) is 4.47. The van der Waals surface area contributed by atoms with Crippen LogP contribution in [0.1, 0.15) is 38.3 Å². The summed E-state index contributed by atoms with van der Waals surface area (Å²) in [5.41, 5.74) is 9.42. The van der Waals surface area contributed by atoms with Gasteiger partial charge in [-0.25, -0.2) is 0 Å². The summed E-state index contributed by atoms with van der Waals surface area (Å²) in [6.07, 6.45) is 2.20. The third-order valence-electron chi connectivity index (χ3n) is 4.18. The van der Waals surface area contributed by atoms with E-state index in [4.69, 9.17) is 10.2 Å². The molecule has 2 nitrogen and oxygen atoms in total. The monoisotopic (exact) mass is 267 g/mol. The average molecular weight is 267 g/mol. The molecule has 2 atom stereocenters. The van der Waals surface area contributed by atoms with Gasteiger partial charge in [0.15, 0.2) is 0 Å². The second-order valence-electron chi connectivity index (χ2n) is 5.71. The van der Waals surface area contributed by atoms with Crippen LogP contribution in [-0.4, -0.2) is 0 Å². The highest BCUT2D eigenvalue weighted by Crippen LogP contribution is 2.31. The Morgan fingerprint density at radius 1 is 1.05 bits per heavy atom. The Balaban J connectivity index is 2.03. The first-order valence-electron chi connectivity index (χ1n) is 7.35. The molecule has 1 aromatic heterocycles. The van der Waals surface area contributed by atoms with E-state index in [0.29, 0.717) is 5.92 Å². The van der Waals surface area contributed by atoms with Crippen molar-refractivity contribution >= 4 is 21.9 Å². The molecule has 0 bridgehead atoms. The summed E-state index contributed by atoms with van der Waals surface area (Å²) in [7, 11) is 0. The van der Waals surface area contributed by atoms with Crippen molar-refractivity contribution in [3.8, 4) is 0 Å². The number of rotatable bonds is 4. The van der Waals surface area contributed by atoms with Gasteiger partial charge in [0.25, 0.3) is 0 Å². The first-order chi connectivity index (χ1) is 9.69. The fourth-order valence-corrected chi connectivity index (χ4v) is 2.71. The molecule has 2 unspecified atom stereocenters. The van der Waals surface area contributed by atoms with Crippen molar-refractivity contribution in [1.29, 1.82) is 0 Å². The van der Waals surface area contributed by atoms with Crippen LogP contribution in [0.4, 0.5) is 0 Å². The van der Waals surface area contributed by atoms with Gasteiger partial charge in [-0.15, -0.1) is 0 Å². The number of hydrogen-bond donors (Lipinski definition) is 1. The van der Waals surface area contributed by atoms with E-state index in [9.17, 15) is 0 Å². The lowest BCUT2D eigenvalue weighted by Gasteiger charge is -2.16. The van der Waals surface area contributed by atoms with E-state index in [1.165, 1.54) is 17.4 Å². The maximum Gasteiger partial charge on any atom is 0.135 e. The average Bonchev–Trinajstić information content (AvgIpc) is 2.84. The van der Waals surface area contributed by atoms with Crippen LogP contribution in [-0.2, 0) is 0 Å². The van der Waals surface area contributed by atoms with Gasteiger partial charge in [-0.3, -0.25) is 0 Å². The van der Waals surface area contributed by atoms with Crippen LogP contribution in [0.15, 0.2) is 46.9 Å². The van der Waals surface area contributed by atoms with Gasteiger partial charge in [-0.1, -0.05) is 44.5 Å². The molecule has 3 rings (SSSR count). The van der Waals surface area contributed by atoms with Crippen LogP contribution in [0.2, 0.25) is 0 Å². The molecule has 0 spiro atoms. The number of furan rings is 1. The standard InChI is InChI=1S/C18H21NO/c1-3-12(2)10-16(19)13-8-9-18-15(11-13)14-6-4-5-7-17(14)20-18/h4-9,11-12,16H,3,10,19H2,1-2H3. The van der Waals surface area contributed by atoms with E-state index in [1.807, 2.05) is 24.3 Å². The molecule has 2 N–H and O–H groups in total. The van der Waals surface area contributed by atoms with Gasteiger partial charge >= 0.3 is 0 Å². The van der Waals surface area contributed by atoms with E-state index in [1.54, 1.807) is 0 Å². The number of fused-ring (bicyclic) bond motifs is 3. The van der Waals surface area contributed by atoms with Crippen molar-refractivity contribution in [3.63, 3.8) is 0 Å². The Kier molecular flexibility index (Phi) is 3.49.